The van der Waals surface area contributed by atoms with E-state index in [2.05, 4.69) is 4.18 Å². The lowest BCUT2D eigenvalue weighted by atomic mass is 10.1. The fourth-order valence-corrected chi connectivity index (χ4v) is 3.16. The number of alkyl halides is 3. The van der Waals surface area contributed by atoms with E-state index < -0.39 is 20.8 Å². The van der Waals surface area contributed by atoms with E-state index >= 15 is 0 Å². The summed E-state index contributed by atoms with van der Waals surface area (Å²) in [5.41, 5.74) is 1.43. The first-order chi connectivity index (χ1) is 11.1. The van der Waals surface area contributed by atoms with Crippen LogP contribution >= 0.6 is 58.0 Å². The maximum atomic E-state index is 11.6. The number of rotatable bonds is 5. The Morgan fingerprint density at radius 2 is 1.58 bits per heavy atom. The van der Waals surface area contributed by atoms with Crippen LogP contribution in [0.4, 0.5) is 0 Å². The first kappa shape index (κ1) is 19.9. The summed E-state index contributed by atoms with van der Waals surface area (Å²) in [5, 5.41) is 1.03. The minimum Gasteiger partial charge on any atom is -0.362 e. The third-order valence-corrected chi connectivity index (χ3v) is 4.35. The molecular weight excluding hydrogens is 441 g/mol. The zero-order valence-electron chi connectivity index (χ0n) is 11.7. The Morgan fingerprint density at radius 1 is 0.958 bits per heavy atom. The standard InChI is InChI=1S/C14H9Cl5O4S/c15-10-3-6-13(16)12(7-10)9-1-4-11(5-2-9)23-24(20,21)22-8-14(17,18)19/h1-7H,8H2. The van der Waals surface area contributed by atoms with Crippen LogP contribution in [-0.4, -0.2) is 18.8 Å². The topological polar surface area (TPSA) is 52.6 Å². The summed E-state index contributed by atoms with van der Waals surface area (Å²) in [6.07, 6.45) is 0. The lowest BCUT2D eigenvalue weighted by Crippen LogP contribution is -2.21. The molecule has 0 N–H and O–H groups in total. The summed E-state index contributed by atoms with van der Waals surface area (Å²) in [6.45, 7) is -0.670. The van der Waals surface area contributed by atoms with E-state index in [4.69, 9.17) is 62.2 Å². The average molecular weight is 451 g/mol. The smallest absolute Gasteiger partial charge is 0.362 e. The molecule has 0 aromatic heterocycles. The Labute approximate surface area is 164 Å². The minimum absolute atomic E-state index is 0.0289. The predicted molar refractivity (Wildman–Crippen MR) is 97.7 cm³/mol. The normalized spacial score (nSPS) is 12.2. The molecule has 0 unspecified atom stereocenters. The summed E-state index contributed by atoms with van der Waals surface area (Å²) in [5.74, 6) is 0.0289. The molecule has 0 heterocycles. The van der Waals surface area contributed by atoms with Crippen LogP contribution in [0.25, 0.3) is 11.1 Å². The second-order valence-electron chi connectivity index (χ2n) is 4.52. The van der Waals surface area contributed by atoms with Gasteiger partial charge < -0.3 is 4.18 Å². The van der Waals surface area contributed by atoms with Gasteiger partial charge >= 0.3 is 10.4 Å². The molecule has 0 saturated heterocycles. The Kier molecular flexibility index (Phi) is 6.53. The first-order valence-electron chi connectivity index (χ1n) is 6.27. The van der Waals surface area contributed by atoms with Crippen molar-refractivity contribution in [2.45, 2.75) is 3.79 Å². The van der Waals surface area contributed by atoms with Crippen LogP contribution < -0.4 is 4.18 Å². The number of hydrogen-bond donors (Lipinski definition) is 0. The van der Waals surface area contributed by atoms with Gasteiger partial charge in [0, 0.05) is 15.6 Å². The molecule has 0 atom stereocenters. The van der Waals surface area contributed by atoms with Crippen LogP contribution in [0.15, 0.2) is 42.5 Å². The minimum atomic E-state index is -4.36. The van der Waals surface area contributed by atoms with Gasteiger partial charge in [0.05, 0.1) is 0 Å². The predicted octanol–water partition coefficient (Wildman–Crippen LogP) is 5.67. The molecule has 24 heavy (non-hydrogen) atoms. The van der Waals surface area contributed by atoms with Gasteiger partial charge in [-0.25, -0.2) is 4.18 Å². The fraction of sp³-hybridized carbons (Fsp3) is 0.143. The molecule has 2 aromatic carbocycles. The number of hydrogen-bond acceptors (Lipinski definition) is 4. The molecule has 0 aliphatic heterocycles. The van der Waals surface area contributed by atoms with Crippen molar-refractivity contribution in [2.24, 2.45) is 0 Å². The summed E-state index contributed by atoms with van der Waals surface area (Å²) in [6, 6.07) is 11.1. The Hall–Kier alpha value is -0.400. The lowest BCUT2D eigenvalue weighted by Gasteiger charge is -2.12. The first-order valence-corrected chi connectivity index (χ1v) is 9.49. The van der Waals surface area contributed by atoms with Crippen molar-refractivity contribution in [1.82, 2.24) is 0 Å². The van der Waals surface area contributed by atoms with Gasteiger partial charge in [0.1, 0.15) is 12.4 Å². The molecule has 0 aliphatic rings. The van der Waals surface area contributed by atoms with Crippen LogP contribution in [0.3, 0.4) is 0 Å². The highest BCUT2D eigenvalue weighted by molar-refractivity contribution is 7.82. The maximum Gasteiger partial charge on any atom is 0.449 e. The maximum absolute atomic E-state index is 11.6. The molecule has 0 amide bonds. The molecule has 2 aromatic rings. The second kappa shape index (κ2) is 7.87. The molecule has 0 aliphatic carbocycles. The van der Waals surface area contributed by atoms with E-state index in [1.165, 1.54) is 12.1 Å². The van der Waals surface area contributed by atoms with Gasteiger partial charge in [-0.3, -0.25) is 0 Å². The van der Waals surface area contributed by atoms with Gasteiger partial charge in [-0.2, -0.15) is 8.42 Å². The SMILES string of the molecule is O=S(=O)(OCC(Cl)(Cl)Cl)Oc1ccc(-c2cc(Cl)ccc2Cl)cc1. The summed E-state index contributed by atoms with van der Waals surface area (Å²) in [4.78, 5) is 0. The summed E-state index contributed by atoms with van der Waals surface area (Å²) in [7, 11) is -4.36. The number of benzene rings is 2. The molecule has 0 radical (unpaired) electrons. The van der Waals surface area contributed by atoms with Crippen molar-refractivity contribution in [3.05, 3.63) is 52.5 Å². The van der Waals surface area contributed by atoms with Gasteiger partial charge in [-0.05, 0) is 35.9 Å². The van der Waals surface area contributed by atoms with Crippen LogP contribution in [0.5, 0.6) is 5.75 Å². The molecule has 2 rings (SSSR count). The molecule has 0 saturated carbocycles. The van der Waals surface area contributed by atoms with Crippen molar-refractivity contribution in [3.8, 4) is 16.9 Å². The van der Waals surface area contributed by atoms with E-state index in [0.717, 1.165) is 5.56 Å². The van der Waals surface area contributed by atoms with Crippen molar-refractivity contribution in [1.29, 1.82) is 0 Å². The van der Waals surface area contributed by atoms with Gasteiger partial charge in [-0.1, -0.05) is 70.1 Å². The fourth-order valence-electron chi connectivity index (χ4n) is 1.69. The third kappa shape index (κ3) is 6.15. The molecule has 0 spiro atoms. The Morgan fingerprint density at radius 3 is 2.17 bits per heavy atom. The number of halogens is 5. The van der Waals surface area contributed by atoms with Crippen molar-refractivity contribution >= 4 is 68.4 Å². The van der Waals surface area contributed by atoms with Crippen LogP contribution in [0.2, 0.25) is 10.0 Å². The van der Waals surface area contributed by atoms with E-state index in [1.807, 2.05) is 0 Å². The zero-order valence-corrected chi connectivity index (χ0v) is 16.3. The average Bonchev–Trinajstić information content (AvgIpc) is 2.48. The molecular formula is C14H9Cl5O4S. The van der Waals surface area contributed by atoms with Crippen molar-refractivity contribution < 1.29 is 16.8 Å². The van der Waals surface area contributed by atoms with Crippen LogP contribution in [0.1, 0.15) is 0 Å². The van der Waals surface area contributed by atoms with E-state index in [9.17, 15) is 8.42 Å². The molecule has 130 valence electrons. The Bertz CT molecular complexity index is 816. The van der Waals surface area contributed by atoms with Crippen LogP contribution in [0, 0.1) is 0 Å². The van der Waals surface area contributed by atoms with Crippen LogP contribution in [-0.2, 0) is 14.6 Å². The highest BCUT2D eigenvalue weighted by Crippen LogP contribution is 2.32. The third-order valence-electron chi connectivity index (χ3n) is 2.66. The Balaban J connectivity index is 2.14. The monoisotopic (exact) mass is 448 g/mol. The molecule has 0 fully saturated rings. The van der Waals surface area contributed by atoms with Gasteiger partial charge in [0.2, 0.25) is 3.79 Å². The largest absolute Gasteiger partial charge is 0.449 e. The summed E-state index contributed by atoms with van der Waals surface area (Å²) >= 11 is 28.3. The van der Waals surface area contributed by atoms with Gasteiger partial charge in [0.25, 0.3) is 0 Å². The highest BCUT2D eigenvalue weighted by Gasteiger charge is 2.25. The van der Waals surface area contributed by atoms with Crippen molar-refractivity contribution in [3.63, 3.8) is 0 Å². The highest BCUT2D eigenvalue weighted by atomic mass is 35.6. The summed E-state index contributed by atoms with van der Waals surface area (Å²) < 4.78 is 30.6. The lowest BCUT2D eigenvalue weighted by molar-refractivity contribution is 0.279. The van der Waals surface area contributed by atoms with E-state index in [-0.39, 0.29) is 5.75 Å². The molecule has 10 heteroatoms. The van der Waals surface area contributed by atoms with E-state index in [0.29, 0.717) is 15.6 Å². The zero-order chi connectivity index (χ0) is 18.0. The second-order valence-corrected chi connectivity index (χ2v) is 9.10. The van der Waals surface area contributed by atoms with E-state index in [1.54, 1.807) is 30.3 Å². The molecule has 4 nitrogen and oxygen atoms in total. The molecule has 0 bridgehead atoms. The van der Waals surface area contributed by atoms with Gasteiger partial charge in [-0.15, -0.1) is 0 Å². The van der Waals surface area contributed by atoms with Gasteiger partial charge in [0.15, 0.2) is 0 Å². The van der Waals surface area contributed by atoms with Crippen molar-refractivity contribution in [2.75, 3.05) is 6.61 Å². The quantitative estimate of drug-likeness (QED) is 0.551.